The van der Waals surface area contributed by atoms with Crippen LogP contribution in [0.1, 0.15) is 39.2 Å². The number of ether oxygens (including phenoxy) is 1. The third kappa shape index (κ3) is 6.93. The second-order valence-electron chi connectivity index (χ2n) is 5.01. The Kier molecular flexibility index (Phi) is 7.41. The fraction of sp³-hybridized carbons (Fsp3) is 0.389. The molecule has 0 fully saturated rings. The molecule has 0 saturated carbocycles. The molecule has 108 valence electrons. The molecule has 0 spiro atoms. The standard InChI is InChI=1S/C18H24O2/c1-4-15(2)10-8-9-11-16(3)20-18(19)14-17-12-6-5-7-13-17/h4-9,12-13,16H,10-11,14H2,1-3H3/b9-8+,15-4+. The van der Waals surface area contributed by atoms with Crippen molar-refractivity contribution in [3.63, 3.8) is 0 Å². The fourth-order valence-electron chi connectivity index (χ4n) is 1.75. The zero-order valence-electron chi connectivity index (χ0n) is 12.6. The molecule has 1 rings (SSSR count). The minimum atomic E-state index is -0.165. The molecule has 1 aromatic carbocycles. The first-order valence-electron chi connectivity index (χ1n) is 7.12. The van der Waals surface area contributed by atoms with Crippen LogP contribution in [0.5, 0.6) is 0 Å². The van der Waals surface area contributed by atoms with Gasteiger partial charge in [0.05, 0.1) is 6.42 Å². The van der Waals surface area contributed by atoms with Gasteiger partial charge in [0.1, 0.15) is 6.10 Å². The van der Waals surface area contributed by atoms with Gasteiger partial charge in [0.15, 0.2) is 0 Å². The molecule has 0 radical (unpaired) electrons. The Hall–Kier alpha value is -1.83. The fourth-order valence-corrected chi connectivity index (χ4v) is 1.75. The molecule has 1 atom stereocenters. The van der Waals surface area contributed by atoms with Gasteiger partial charge in [-0.05, 0) is 32.8 Å². The third-order valence-corrected chi connectivity index (χ3v) is 3.09. The van der Waals surface area contributed by atoms with Crippen LogP contribution in [0.25, 0.3) is 0 Å². The van der Waals surface area contributed by atoms with E-state index < -0.39 is 0 Å². The molecule has 0 aromatic heterocycles. The molecule has 2 nitrogen and oxygen atoms in total. The maximum Gasteiger partial charge on any atom is 0.310 e. The molecule has 0 aliphatic heterocycles. The SMILES string of the molecule is C/C=C(\C)C/C=C/CC(C)OC(=O)Cc1ccccc1. The summed E-state index contributed by atoms with van der Waals surface area (Å²) in [7, 11) is 0. The Morgan fingerprint density at radius 3 is 2.60 bits per heavy atom. The Labute approximate surface area is 122 Å². The van der Waals surface area contributed by atoms with Crippen LogP contribution in [0.2, 0.25) is 0 Å². The van der Waals surface area contributed by atoms with Gasteiger partial charge in [-0.3, -0.25) is 4.79 Å². The van der Waals surface area contributed by atoms with Gasteiger partial charge in [0.25, 0.3) is 0 Å². The predicted molar refractivity (Wildman–Crippen MR) is 83.5 cm³/mol. The van der Waals surface area contributed by atoms with E-state index in [-0.39, 0.29) is 12.1 Å². The van der Waals surface area contributed by atoms with Crippen molar-refractivity contribution >= 4 is 5.97 Å². The van der Waals surface area contributed by atoms with Crippen LogP contribution >= 0.6 is 0 Å². The molecule has 0 aliphatic carbocycles. The van der Waals surface area contributed by atoms with Crippen molar-refractivity contribution in [2.75, 3.05) is 0 Å². The normalized spacial score (nSPS) is 13.4. The lowest BCUT2D eigenvalue weighted by molar-refractivity contribution is -0.147. The lowest BCUT2D eigenvalue weighted by atomic mass is 10.1. The van der Waals surface area contributed by atoms with Crippen LogP contribution in [0.4, 0.5) is 0 Å². The van der Waals surface area contributed by atoms with E-state index in [1.165, 1.54) is 5.57 Å². The van der Waals surface area contributed by atoms with Crippen LogP contribution in [0, 0.1) is 0 Å². The minimum Gasteiger partial charge on any atom is -0.462 e. The van der Waals surface area contributed by atoms with Crippen molar-refractivity contribution < 1.29 is 9.53 Å². The van der Waals surface area contributed by atoms with E-state index in [0.29, 0.717) is 6.42 Å². The molecule has 1 unspecified atom stereocenters. The van der Waals surface area contributed by atoms with E-state index >= 15 is 0 Å². The molecule has 0 saturated heterocycles. The molecule has 0 bridgehead atoms. The molecular formula is C18H24O2. The van der Waals surface area contributed by atoms with Crippen molar-refractivity contribution in [3.8, 4) is 0 Å². The summed E-state index contributed by atoms with van der Waals surface area (Å²) in [5.41, 5.74) is 2.33. The van der Waals surface area contributed by atoms with Gasteiger partial charge >= 0.3 is 5.97 Å². The van der Waals surface area contributed by atoms with Gasteiger partial charge in [-0.2, -0.15) is 0 Å². The lowest BCUT2D eigenvalue weighted by Crippen LogP contribution is -2.16. The molecule has 0 aliphatic rings. The monoisotopic (exact) mass is 272 g/mol. The molecule has 0 heterocycles. The Balaban J connectivity index is 2.28. The van der Waals surface area contributed by atoms with E-state index in [4.69, 9.17) is 4.74 Å². The van der Waals surface area contributed by atoms with E-state index in [2.05, 4.69) is 25.2 Å². The van der Waals surface area contributed by atoms with E-state index in [1.807, 2.05) is 44.2 Å². The van der Waals surface area contributed by atoms with Crippen LogP contribution in [0.15, 0.2) is 54.1 Å². The maximum atomic E-state index is 11.8. The highest BCUT2D eigenvalue weighted by Gasteiger charge is 2.08. The number of allylic oxidation sites excluding steroid dienone is 3. The first kappa shape index (κ1) is 16.2. The van der Waals surface area contributed by atoms with Crippen LogP contribution in [-0.2, 0) is 16.0 Å². The van der Waals surface area contributed by atoms with Gasteiger partial charge in [-0.15, -0.1) is 0 Å². The zero-order valence-corrected chi connectivity index (χ0v) is 12.6. The number of carbonyl (C=O) groups is 1. The maximum absolute atomic E-state index is 11.8. The summed E-state index contributed by atoms with van der Waals surface area (Å²) in [4.78, 5) is 11.8. The lowest BCUT2D eigenvalue weighted by Gasteiger charge is -2.11. The Morgan fingerprint density at radius 2 is 1.95 bits per heavy atom. The van der Waals surface area contributed by atoms with Crippen molar-refractivity contribution in [2.45, 2.75) is 46.1 Å². The first-order valence-corrected chi connectivity index (χ1v) is 7.12. The largest absolute Gasteiger partial charge is 0.462 e. The van der Waals surface area contributed by atoms with E-state index in [1.54, 1.807) is 0 Å². The average Bonchev–Trinajstić information content (AvgIpc) is 2.44. The highest BCUT2D eigenvalue weighted by molar-refractivity contribution is 5.72. The Bertz CT molecular complexity index is 458. The van der Waals surface area contributed by atoms with Gasteiger partial charge in [-0.25, -0.2) is 0 Å². The first-order chi connectivity index (χ1) is 9.61. The summed E-state index contributed by atoms with van der Waals surface area (Å²) in [6.45, 7) is 6.07. The molecule has 1 aromatic rings. The number of carbonyl (C=O) groups excluding carboxylic acids is 1. The number of esters is 1. The van der Waals surface area contributed by atoms with Crippen LogP contribution < -0.4 is 0 Å². The second-order valence-corrected chi connectivity index (χ2v) is 5.01. The molecule has 0 N–H and O–H groups in total. The quantitative estimate of drug-likeness (QED) is 0.541. The summed E-state index contributed by atoms with van der Waals surface area (Å²) < 4.78 is 5.38. The number of rotatable bonds is 7. The number of benzene rings is 1. The van der Waals surface area contributed by atoms with Crippen molar-refractivity contribution in [1.82, 2.24) is 0 Å². The highest BCUT2D eigenvalue weighted by atomic mass is 16.5. The summed E-state index contributed by atoms with van der Waals surface area (Å²) >= 11 is 0. The van der Waals surface area contributed by atoms with Crippen molar-refractivity contribution in [2.24, 2.45) is 0 Å². The predicted octanol–water partition coefficient (Wildman–Crippen LogP) is 4.46. The molecule has 20 heavy (non-hydrogen) atoms. The van der Waals surface area contributed by atoms with Gasteiger partial charge in [-0.1, -0.05) is 54.1 Å². The van der Waals surface area contributed by atoms with Gasteiger partial charge in [0.2, 0.25) is 0 Å². The van der Waals surface area contributed by atoms with Crippen molar-refractivity contribution in [1.29, 1.82) is 0 Å². The van der Waals surface area contributed by atoms with Gasteiger partial charge < -0.3 is 4.74 Å². The summed E-state index contributed by atoms with van der Waals surface area (Å²) in [5.74, 6) is -0.165. The zero-order chi connectivity index (χ0) is 14.8. The van der Waals surface area contributed by atoms with E-state index in [9.17, 15) is 4.79 Å². The average molecular weight is 272 g/mol. The van der Waals surface area contributed by atoms with Gasteiger partial charge in [0, 0.05) is 6.42 Å². The number of hydrogen-bond donors (Lipinski definition) is 0. The summed E-state index contributed by atoms with van der Waals surface area (Å²) in [5, 5.41) is 0. The second kappa shape index (κ2) is 9.13. The minimum absolute atomic E-state index is 0.0756. The topological polar surface area (TPSA) is 26.3 Å². The summed E-state index contributed by atoms with van der Waals surface area (Å²) in [6.07, 6.45) is 8.29. The number of hydrogen-bond acceptors (Lipinski definition) is 2. The van der Waals surface area contributed by atoms with Crippen LogP contribution in [-0.4, -0.2) is 12.1 Å². The van der Waals surface area contributed by atoms with Crippen molar-refractivity contribution in [3.05, 3.63) is 59.7 Å². The summed E-state index contributed by atoms with van der Waals surface area (Å²) in [6, 6.07) is 9.67. The molecular weight excluding hydrogens is 248 g/mol. The smallest absolute Gasteiger partial charge is 0.310 e. The van der Waals surface area contributed by atoms with E-state index in [0.717, 1.165) is 18.4 Å². The highest BCUT2D eigenvalue weighted by Crippen LogP contribution is 2.06. The Morgan fingerprint density at radius 1 is 1.25 bits per heavy atom. The molecule has 0 amide bonds. The third-order valence-electron chi connectivity index (χ3n) is 3.09. The molecule has 2 heteroatoms. The van der Waals surface area contributed by atoms with Crippen LogP contribution in [0.3, 0.4) is 0 Å².